The lowest BCUT2D eigenvalue weighted by Gasteiger charge is -2.15. The Hall–Kier alpha value is -0.300. The zero-order chi connectivity index (χ0) is 6.97. The molecule has 1 heteroatoms. The molecular weight excluding hydrogens is 122 g/mol. The summed E-state index contributed by atoms with van der Waals surface area (Å²) in [5.41, 5.74) is 5.52. The van der Waals surface area contributed by atoms with E-state index in [2.05, 4.69) is 12.2 Å². The van der Waals surface area contributed by atoms with E-state index in [9.17, 15) is 0 Å². The normalized spacial score (nSPS) is 43.1. The standard InChI is InChI=1S/C9H15N/c10-4-3-9-6-7-1-2-8(9)5-7/h1-2,7-9H,3-6,10H2/t7-,8+,9+/m1/s1. The highest BCUT2D eigenvalue weighted by Crippen LogP contribution is 2.44. The molecule has 2 bridgehead atoms. The molecule has 10 heavy (non-hydrogen) atoms. The highest BCUT2D eigenvalue weighted by molar-refractivity contribution is 5.09. The average Bonchev–Trinajstić information content (AvgIpc) is 2.48. The number of hydrogen-bond donors (Lipinski definition) is 1. The third-order valence-electron chi connectivity index (χ3n) is 2.95. The van der Waals surface area contributed by atoms with Crippen LogP contribution in [0.4, 0.5) is 0 Å². The van der Waals surface area contributed by atoms with Crippen molar-refractivity contribution in [2.24, 2.45) is 23.5 Å². The smallest absolute Gasteiger partial charge is 0.00744 e. The number of nitrogens with two attached hydrogens (primary N) is 1. The van der Waals surface area contributed by atoms with E-state index in [0.717, 1.165) is 24.3 Å². The highest BCUT2D eigenvalue weighted by Gasteiger charge is 2.34. The Balaban J connectivity index is 1.96. The Morgan fingerprint density at radius 2 is 2.20 bits per heavy atom. The van der Waals surface area contributed by atoms with E-state index >= 15 is 0 Å². The molecule has 0 aromatic rings. The molecular formula is C9H15N. The molecule has 2 aliphatic carbocycles. The molecule has 1 fully saturated rings. The van der Waals surface area contributed by atoms with E-state index in [1.165, 1.54) is 19.3 Å². The Kier molecular flexibility index (Phi) is 1.53. The van der Waals surface area contributed by atoms with Crippen molar-refractivity contribution in [1.29, 1.82) is 0 Å². The van der Waals surface area contributed by atoms with E-state index < -0.39 is 0 Å². The van der Waals surface area contributed by atoms with E-state index in [-0.39, 0.29) is 0 Å². The van der Waals surface area contributed by atoms with Crippen LogP contribution in [0.15, 0.2) is 12.2 Å². The van der Waals surface area contributed by atoms with Gasteiger partial charge in [0.05, 0.1) is 0 Å². The van der Waals surface area contributed by atoms with Crippen molar-refractivity contribution in [3.05, 3.63) is 12.2 Å². The molecule has 0 unspecified atom stereocenters. The molecule has 0 aliphatic heterocycles. The second-order valence-electron chi connectivity index (χ2n) is 3.62. The summed E-state index contributed by atoms with van der Waals surface area (Å²) in [6.07, 6.45) is 8.86. The minimum Gasteiger partial charge on any atom is -0.330 e. The van der Waals surface area contributed by atoms with E-state index in [0.29, 0.717) is 0 Å². The van der Waals surface area contributed by atoms with Crippen molar-refractivity contribution >= 4 is 0 Å². The molecule has 0 spiro atoms. The second-order valence-corrected chi connectivity index (χ2v) is 3.62. The Morgan fingerprint density at radius 1 is 1.30 bits per heavy atom. The fraction of sp³-hybridized carbons (Fsp3) is 0.778. The van der Waals surface area contributed by atoms with Crippen molar-refractivity contribution in [3.63, 3.8) is 0 Å². The van der Waals surface area contributed by atoms with E-state index in [4.69, 9.17) is 5.73 Å². The SMILES string of the molecule is NCC[C@H]1C[C@@H]2C=C[C@H]1C2. The summed E-state index contributed by atoms with van der Waals surface area (Å²) >= 11 is 0. The largest absolute Gasteiger partial charge is 0.330 e. The van der Waals surface area contributed by atoms with Gasteiger partial charge in [-0.25, -0.2) is 0 Å². The molecule has 2 aliphatic rings. The minimum absolute atomic E-state index is 0.877. The topological polar surface area (TPSA) is 26.0 Å². The lowest BCUT2D eigenvalue weighted by Crippen LogP contribution is -2.12. The van der Waals surface area contributed by atoms with Gasteiger partial charge in [-0.05, 0) is 43.6 Å². The van der Waals surface area contributed by atoms with Crippen LogP contribution >= 0.6 is 0 Å². The van der Waals surface area contributed by atoms with Crippen LogP contribution in [-0.4, -0.2) is 6.54 Å². The first-order valence-electron chi connectivity index (χ1n) is 4.28. The van der Waals surface area contributed by atoms with Crippen LogP contribution in [-0.2, 0) is 0 Å². The van der Waals surface area contributed by atoms with Crippen LogP contribution in [0.2, 0.25) is 0 Å². The first-order chi connectivity index (χ1) is 4.90. The van der Waals surface area contributed by atoms with Crippen LogP contribution in [0.25, 0.3) is 0 Å². The monoisotopic (exact) mass is 137 g/mol. The molecule has 2 N–H and O–H groups in total. The summed E-state index contributed by atoms with van der Waals surface area (Å²) < 4.78 is 0. The average molecular weight is 137 g/mol. The van der Waals surface area contributed by atoms with Crippen LogP contribution < -0.4 is 5.73 Å². The molecule has 0 radical (unpaired) electrons. The quantitative estimate of drug-likeness (QED) is 0.574. The maximum absolute atomic E-state index is 5.52. The van der Waals surface area contributed by atoms with Crippen molar-refractivity contribution in [2.75, 3.05) is 6.54 Å². The van der Waals surface area contributed by atoms with Gasteiger partial charge in [0, 0.05) is 0 Å². The fourth-order valence-corrected chi connectivity index (χ4v) is 2.44. The predicted octanol–water partition coefficient (Wildman–Crippen LogP) is 1.55. The van der Waals surface area contributed by atoms with Crippen molar-refractivity contribution in [1.82, 2.24) is 0 Å². The molecule has 56 valence electrons. The number of fused-ring (bicyclic) bond motifs is 2. The van der Waals surface area contributed by atoms with Crippen LogP contribution in [0.3, 0.4) is 0 Å². The zero-order valence-electron chi connectivity index (χ0n) is 6.29. The summed E-state index contributed by atoms with van der Waals surface area (Å²) in [6, 6.07) is 0. The Bertz CT molecular complexity index is 151. The predicted molar refractivity (Wildman–Crippen MR) is 42.5 cm³/mol. The van der Waals surface area contributed by atoms with Crippen molar-refractivity contribution in [3.8, 4) is 0 Å². The van der Waals surface area contributed by atoms with Crippen molar-refractivity contribution < 1.29 is 0 Å². The van der Waals surface area contributed by atoms with Gasteiger partial charge < -0.3 is 5.73 Å². The van der Waals surface area contributed by atoms with Gasteiger partial charge in [-0.3, -0.25) is 0 Å². The van der Waals surface area contributed by atoms with Gasteiger partial charge in [-0.15, -0.1) is 0 Å². The van der Waals surface area contributed by atoms with E-state index in [1.54, 1.807) is 0 Å². The molecule has 2 rings (SSSR count). The molecule has 1 saturated carbocycles. The lowest BCUT2D eigenvalue weighted by molar-refractivity contribution is 0.422. The first-order valence-corrected chi connectivity index (χ1v) is 4.28. The van der Waals surface area contributed by atoms with Crippen molar-refractivity contribution in [2.45, 2.75) is 19.3 Å². The summed E-state index contributed by atoms with van der Waals surface area (Å²) in [6.45, 7) is 0.877. The van der Waals surface area contributed by atoms with Gasteiger partial charge in [-0.2, -0.15) is 0 Å². The number of hydrogen-bond acceptors (Lipinski definition) is 1. The summed E-state index contributed by atoms with van der Waals surface area (Å²) in [5, 5.41) is 0. The zero-order valence-corrected chi connectivity index (χ0v) is 6.29. The van der Waals surface area contributed by atoms with Gasteiger partial charge in [0.1, 0.15) is 0 Å². The van der Waals surface area contributed by atoms with Crippen LogP contribution in [0, 0.1) is 17.8 Å². The highest BCUT2D eigenvalue weighted by atomic mass is 14.5. The minimum atomic E-state index is 0.877. The molecule has 0 saturated heterocycles. The second kappa shape index (κ2) is 2.39. The van der Waals surface area contributed by atoms with E-state index in [1.807, 2.05) is 0 Å². The van der Waals surface area contributed by atoms with Gasteiger partial charge in [0.15, 0.2) is 0 Å². The summed E-state index contributed by atoms with van der Waals surface area (Å²) in [7, 11) is 0. The first kappa shape index (κ1) is 6.41. The molecule has 0 aromatic heterocycles. The molecule has 0 heterocycles. The van der Waals surface area contributed by atoms with Crippen LogP contribution in [0.1, 0.15) is 19.3 Å². The molecule has 3 atom stereocenters. The Labute approximate surface area is 62.3 Å². The number of allylic oxidation sites excluding steroid dienone is 2. The maximum Gasteiger partial charge on any atom is -0.00744 e. The lowest BCUT2D eigenvalue weighted by atomic mass is 9.91. The fourth-order valence-electron chi connectivity index (χ4n) is 2.44. The van der Waals surface area contributed by atoms with Gasteiger partial charge in [0.25, 0.3) is 0 Å². The maximum atomic E-state index is 5.52. The van der Waals surface area contributed by atoms with Gasteiger partial charge in [0.2, 0.25) is 0 Å². The van der Waals surface area contributed by atoms with Gasteiger partial charge in [-0.1, -0.05) is 12.2 Å². The molecule has 0 amide bonds. The third kappa shape index (κ3) is 0.891. The number of rotatable bonds is 2. The molecule has 1 nitrogen and oxygen atoms in total. The molecule has 0 aromatic carbocycles. The van der Waals surface area contributed by atoms with Gasteiger partial charge >= 0.3 is 0 Å². The van der Waals surface area contributed by atoms with Crippen LogP contribution in [0.5, 0.6) is 0 Å². The summed E-state index contributed by atoms with van der Waals surface area (Å²) in [5.74, 6) is 2.75. The summed E-state index contributed by atoms with van der Waals surface area (Å²) in [4.78, 5) is 0. The Morgan fingerprint density at radius 3 is 2.70 bits per heavy atom. The third-order valence-corrected chi connectivity index (χ3v) is 2.95.